The van der Waals surface area contributed by atoms with Gasteiger partial charge in [0.2, 0.25) is 29.5 Å². The van der Waals surface area contributed by atoms with Gasteiger partial charge in [0, 0.05) is 41.8 Å². The van der Waals surface area contributed by atoms with Crippen LogP contribution in [0.3, 0.4) is 0 Å². The molecule has 0 saturated heterocycles. The molecular formula is C38H55N9O9. The van der Waals surface area contributed by atoms with Crippen LogP contribution < -0.4 is 32.3 Å². The summed E-state index contributed by atoms with van der Waals surface area (Å²) in [6, 6.07) is -0.390. The van der Waals surface area contributed by atoms with Gasteiger partial charge in [-0.3, -0.25) is 28.8 Å². The summed E-state index contributed by atoms with van der Waals surface area (Å²) in [5.41, 5.74) is 8.13. The summed E-state index contributed by atoms with van der Waals surface area (Å²) in [7, 11) is 0. The number of benzene rings is 1. The lowest BCUT2D eigenvalue weighted by Gasteiger charge is -2.30. The quantitative estimate of drug-likeness (QED) is 0.0678. The summed E-state index contributed by atoms with van der Waals surface area (Å²) < 4.78 is 0. The maximum atomic E-state index is 13.8. The van der Waals surface area contributed by atoms with E-state index in [2.05, 4.69) is 41.5 Å². The van der Waals surface area contributed by atoms with Gasteiger partial charge in [0.25, 0.3) is 0 Å². The van der Waals surface area contributed by atoms with Crippen LogP contribution in [0.15, 0.2) is 43.0 Å². The summed E-state index contributed by atoms with van der Waals surface area (Å²) in [4.78, 5) is 101. The molecule has 18 heteroatoms. The van der Waals surface area contributed by atoms with Crippen LogP contribution in [0, 0.1) is 17.8 Å². The van der Waals surface area contributed by atoms with Crippen LogP contribution in [-0.2, 0) is 46.4 Å². The molecule has 18 nitrogen and oxygen atoms in total. The van der Waals surface area contributed by atoms with Gasteiger partial charge < -0.3 is 52.5 Å². The molecule has 1 aromatic carbocycles. The van der Waals surface area contributed by atoms with Gasteiger partial charge in [-0.15, -0.1) is 0 Å². The van der Waals surface area contributed by atoms with Crippen LogP contribution >= 0.6 is 0 Å². The molecule has 3 aromatic rings. The zero-order valence-corrected chi connectivity index (χ0v) is 32.5. The minimum Gasteiger partial charge on any atom is -0.481 e. The monoisotopic (exact) mass is 781 g/mol. The number of rotatable bonds is 22. The van der Waals surface area contributed by atoms with Gasteiger partial charge in [-0.05, 0) is 35.8 Å². The zero-order chi connectivity index (χ0) is 41.7. The number of imidazole rings is 1. The predicted molar refractivity (Wildman–Crippen MR) is 206 cm³/mol. The Balaban J connectivity index is 1.75. The average molecular weight is 782 g/mol. The van der Waals surface area contributed by atoms with Gasteiger partial charge in [-0.25, -0.2) is 9.78 Å². The molecule has 306 valence electrons. The van der Waals surface area contributed by atoms with Crippen molar-refractivity contribution in [2.75, 3.05) is 0 Å². The van der Waals surface area contributed by atoms with E-state index in [0.29, 0.717) is 17.7 Å². The molecule has 11 N–H and O–H groups in total. The van der Waals surface area contributed by atoms with E-state index in [1.165, 1.54) is 12.5 Å². The first-order valence-electron chi connectivity index (χ1n) is 18.7. The number of aromatic nitrogens is 3. The lowest BCUT2D eigenvalue weighted by Crippen LogP contribution is -2.61. The first kappa shape index (κ1) is 44.6. The van der Waals surface area contributed by atoms with Crippen molar-refractivity contribution < 1.29 is 43.8 Å². The Morgan fingerprint density at radius 1 is 0.750 bits per heavy atom. The highest BCUT2D eigenvalue weighted by Crippen LogP contribution is 2.20. The number of carboxylic acids is 2. The Morgan fingerprint density at radius 3 is 1.95 bits per heavy atom. The zero-order valence-electron chi connectivity index (χ0n) is 32.5. The highest BCUT2D eigenvalue weighted by molar-refractivity contribution is 5.97. The number of amides is 5. The third-order valence-corrected chi connectivity index (χ3v) is 9.44. The molecule has 0 aliphatic heterocycles. The van der Waals surface area contributed by atoms with Crippen molar-refractivity contribution in [3.63, 3.8) is 0 Å². The van der Waals surface area contributed by atoms with Crippen molar-refractivity contribution in [2.45, 2.75) is 110 Å². The van der Waals surface area contributed by atoms with E-state index in [9.17, 15) is 43.8 Å². The molecule has 7 atom stereocenters. The summed E-state index contributed by atoms with van der Waals surface area (Å²) >= 11 is 0. The number of aromatic amines is 2. The number of aliphatic carboxylic acids is 2. The van der Waals surface area contributed by atoms with Crippen LogP contribution in [0.4, 0.5) is 0 Å². The number of nitrogens with one attached hydrogen (secondary N) is 7. The largest absolute Gasteiger partial charge is 0.481 e. The predicted octanol–water partition coefficient (Wildman–Crippen LogP) is 0.735. The summed E-state index contributed by atoms with van der Waals surface area (Å²) in [5.74, 6) is -7.85. The van der Waals surface area contributed by atoms with Crippen molar-refractivity contribution in [1.29, 1.82) is 0 Å². The number of para-hydroxylation sites is 1. The molecule has 0 saturated carbocycles. The van der Waals surface area contributed by atoms with E-state index in [-0.39, 0.29) is 25.2 Å². The van der Waals surface area contributed by atoms with E-state index < -0.39 is 96.0 Å². The van der Waals surface area contributed by atoms with Gasteiger partial charge in [0.15, 0.2) is 0 Å². The van der Waals surface area contributed by atoms with Crippen LogP contribution in [0.5, 0.6) is 0 Å². The molecule has 0 radical (unpaired) electrons. The second kappa shape index (κ2) is 20.8. The fraction of sp³-hybridized carbons (Fsp3) is 0.526. The second-order valence-electron chi connectivity index (χ2n) is 14.8. The minimum absolute atomic E-state index is 0.0344. The molecule has 2 heterocycles. The molecule has 0 unspecified atom stereocenters. The van der Waals surface area contributed by atoms with E-state index in [1.807, 2.05) is 38.1 Å². The molecule has 2 aromatic heterocycles. The highest BCUT2D eigenvalue weighted by Gasteiger charge is 2.36. The fourth-order valence-corrected chi connectivity index (χ4v) is 6.08. The van der Waals surface area contributed by atoms with Crippen molar-refractivity contribution in [3.8, 4) is 0 Å². The van der Waals surface area contributed by atoms with E-state index in [1.54, 1.807) is 33.9 Å². The van der Waals surface area contributed by atoms with Gasteiger partial charge in [-0.1, -0.05) is 66.2 Å². The summed E-state index contributed by atoms with van der Waals surface area (Å²) in [5, 5.41) is 33.2. The number of nitrogens with two attached hydrogens (primary N) is 1. The first-order valence-corrected chi connectivity index (χ1v) is 18.7. The number of hydrogen-bond acceptors (Lipinski definition) is 9. The van der Waals surface area contributed by atoms with Crippen molar-refractivity contribution in [3.05, 3.63) is 54.2 Å². The SMILES string of the molecule is CC[C@H](C)[C@H](NC(=O)[C@@H](NC(=O)[C@H](CC(=O)O)NC(=O)[C@H](CC(C)C)NC(=O)[C@@H](N)Cc1cnc[nH]1)C(C)C)C(=O)N[C@@H](Cc1c[nH]c2ccccc12)C(=O)O. The second-order valence-corrected chi connectivity index (χ2v) is 14.8. The lowest BCUT2D eigenvalue weighted by atomic mass is 9.95. The fourth-order valence-electron chi connectivity index (χ4n) is 6.08. The average Bonchev–Trinajstić information content (AvgIpc) is 3.80. The summed E-state index contributed by atoms with van der Waals surface area (Å²) in [6.45, 7) is 10.4. The van der Waals surface area contributed by atoms with Crippen LogP contribution in [0.1, 0.15) is 72.1 Å². The molecule has 0 aliphatic rings. The molecule has 0 aliphatic carbocycles. The standard InChI is InChI=1S/C38H55N9O9/c1-7-21(6)32(37(54)45-29(38(55)56)13-22-16-41-26-11-9-8-10-24(22)26)47-36(53)31(20(4)5)46-35(52)28(15-30(48)49)44-34(51)27(12-19(2)3)43-33(50)25(39)14-23-17-40-18-42-23/h8-11,16-21,25,27-29,31-32,41H,7,12-15,39H2,1-6H3,(H,40,42)(H,43,50)(H,44,51)(H,45,54)(H,46,52)(H,47,53)(H,48,49)(H,55,56)/t21-,25-,27-,28-,29-,31-,32-/m0/s1. The Labute approximate surface area is 324 Å². The first-order chi connectivity index (χ1) is 26.4. The molecule has 3 rings (SSSR count). The smallest absolute Gasteiger partial charge is 0.326 e. The molecule has 0 bridgehead atoms. The Morgan fingerprint density at radius 2 is 1.36 bits per heavy atom. The van der Waals surface area contributed by atoms with Gasteiger partial charge in [0.1, 0.15) is 30.2 Å². The lowest BCUT2D eigenvalue weighted by molar-refractivity contribution is -0.142. The van der Waals surface area contributed by atoms with Crippen molar-refractivity contribution in [1.82, 2.24) is 41.5 Å². The Hall–Kier alpha value is -5.78. The number of nitrogens with zero attached hydrogens (tertiary/aromatic N) is 1. The van der Waals surface area contributed by atoms with Crippen LogP contribution in [0.2, 0.25) is 0 Å². The third kappa shape index (κ3) is 12.9. The van der Waals surface area contributed by atoms with Crippen LogP contribution in [-0.4, -0.2) is 103 Å². The Bertz CT molecular complexity index is 1830. The highest BCUT2D eigenvalue weighted by atomic mass is 16.4. The van der Waals surface area contributed by atoms with Gasteiger partial charge in [-0.2, -0.15) is 0 Å². The molecular weight excluding hydrogens is 726 g/mol. The maximum absolute atomic E-state index is 13.8. The topological polar surface area (TPSA) is 291 Å². The van der Waals surface area contributed by atoms with E-state index in [4.69, 9.17) is 5.73 Å². The number of fused-ring (bicyclic) bond motifs is 1. The number of hydrogen-bond donors (Lipinski definition) is 10. The number of H-pyrrole nitrogens is 2. The van der Waals surface area contributed by atoms with Crippen LogP contribution in [0.25, 0.3) is 10.9 Å². The molecule has 5 amide bonds. The number of carbonyl (C=O) groups excluding carboxylic acids is 5. The normalized spacial score (nSPS) is 15.2. The van der Waals surface area contributed by atoms with E-state index in [0.717, 1.165) is 10.9 Å². The minimum atomic E-state index is -1.66. The third-order valence-electron chi connectivity index (χ3n) is 9.44. The van der Waals surface area contributed by atoms with Gasteiger partial charge in [0.05, 0.1) is 18.8 Å². The molecule has 0 spiro atoms. The molecule has 0 fully saturated rings. The Kier molecular flexibility index (Phi) is 16.6. The number of carboxylic acid groups (broad SMARTS) is 2. The summed E-state index contributed by atoms with van der Waals surface area (Å²) in [6.07, 6.45) is 4.40. The van der Waals surface area contributed by atoms with Gasteiger partial charge >= 0.3 is 11.9 Å². The molecule has 56 heavy (non-hydrogen) atoms. The number of carbonyl (C=O) groups is 7. The van der Waals surface area contributed by atoms with Crippen molar-refractivity contribution in [2.24, 2.45) is 23.5 Å². The van der Waals surface area contributed by atoms with Crippen molar-refractivity contribution >= 4 is 52.4 Å². The maximum Gasteiger partial charge on any atom is 0.326 e. The van der Waals surface area contributed by atoms with E-state index >= 15 is 0 Å².